The number of oxazole rings is 1. The third kappa shape index (κ3) is 3.61. The van der Waals surface area contributed by atoms with E-state index in [2.05, 4.69) is 10.3 Å². The van der Waals surface area contributed by atoms with Crippen LogP contribution < -0.4 is 11.1 Å². The van der Waals surface area contributed by atoms with Crippen LogP contribution in [0, 0.1) is 5.41 Å². The molecule has 0 unspecified atom stereocenters. The van der Waals surface area contributed by atoms with E-state index in [9.17, 15) is 4.79 Å². The fourth-order valence-corrected chi connectivity index (χ4v) is 3.13. The number of thiocarbonyl (C=S) groups is 1. The summed E-state index contributed by atoms with van der Waals surface area (Å²) in [5, 5.41) is 2.89. The van der Waals surface area contributed by atoms with E-state index in [4.69, 9.17) is 22.4 Å². The molecule has 116 valence electrons. The van der Waals surface area contributed by atoms with E-state index < -0.39 is 5.41 Å². The maximum absolute atomic E-state index is 12.6. The van der Waals surface area contributed by atoms with Gasteiger partial charge in [-0.15, -0.1) is 0 Å². The van der Waals surface area contributed by atoms with Crippen molar-refractivity contribution in [2.45, 2.75) is 58.4 Å². The van der Waals surface area contributed by atoms with Gasteiger partial charge >= 0.3 is 0 Å². The largest absolute Gasteiger partial charge is 0.444 e. The van der Waals surface area contributed by atoms with Crippen LogP contribution >= 0.6 is 12.2 Å². The average molecular weight is 309 g/mol. The lowest BCUT2D eigenvalue weighted by Crippen LogP contribution is -2.48. The summed E-state index contributed by atoms with van der Waals surface area (Å²) < 4.78 is 5.50. The molecule has 0 atom stereocenters. The van der Waals surface area contributed by atoms with Crippen molar-refractivity contribution in [3.63, 3.8) is 0 Å². The van der Waals surface area contributed by atoms with Crippen molar-refractivity contribution in [1.82, 2.24) is 10.3 Å². The number of nitrogens with zero attached hydrogens (tertiary/aromatic N) is 1. The molecule has 21 heavy (non-hydrogen) atoms. The second-order valence-corrected chi connectivity index (χ2v) is 6.06. The van der Waals surface area contributed by atoms with Gasteiger partial charge in [0.05, 0.1) is 23.1 Å². The third-order valence-corrected chi connectivity index (χ3v) is 4.60. The maximum Gasteiger partial charge on any atom is 0.233 e. The highest BCUT2D eigenvalue weighted by Gasteiger charge is 2.41. The van der Waals surface area contributed by atoms with Crippen molar-refractivity contribution in [2.75, 3.05) is 0 Å². The summed E-state index contributed by atoms with van der Waals surface area (Å²) >= 11 is 5.20. The van der Waals surface area contributed by atoms with Crippen molar-refractivity contribution in [1.29, 1.82) is 0 Å². The second-order valence-electron chi connectivity index (χ2n) is 5.62. The Balaban J connectivity index is 2.03. The van der Waals surface area contributed by atoms with Crippen LogP contribution in [0.5, 0.6) is 0 Å². The normalized spacial score (nSPS) is 18.0. The molecule has 6 heteroatoms. The van der Waals surface area contributed by atoms with Crippen LogP contribution in [0.1, 0.15) is 57.1 Å². The van der Waals surface area contributed by atoms with Gasteiger partial charge in [0, 0.05) is 6.42 Å². The minimum absolute atomic E-state index is 0.0897. The monoisotopic (exact) mass is 309 g/mol. The predicted octanol–water partition coefficient (Wildman–Crippen LogP) is 2.48. The van der Waals surface area contributed by atoms with E-state index in [1.165, 1.54) is 0 Å². The van der Waals surface area contributed by atoms with E-state index >= 15 is 0 Å². The molecule has 1 amide bonds. The number of nitrogens with one attached hydrogen (secondary N) is 1. The van der Waals surface area contributed by atoms with Gasteiger partial charge in [-0.1, -0.05) is 44.8 Å². The van der Waals surface area contributed by atoms with Gasteiger partial charge in [-0.2, -0.15) is 0 Å². The predicted molar refractivity (Wildman–Crippen MR) is 84.6 cm³/mol. The molecular weight excluding hydrogens is 286 g/mol. The lowest BCUT2D eigenvalue weighted by Gasteiger charge is -2.29. The number of carbonyl (C=O) groups excluding carboxylic acids is 1. The molecule has 1 aromatic heterocycles. The molecule has 1 aromatic rings. The lowest BCUT2D eigenvalue weighted by atomic mass is 9.79. The molecule has 1 fully saturated rings. The molecule has 0 aliphatic heterocycles. The van der Waals surface area contributed by atoms with Gasteiger partial charge < -0.3 is 15.5 Å². The molecule has 1 heterocycles. The van der Waals surface area contributed by atoms with E-state index in [0.717, 1.165) is 50.7 Å². The van der Waals surface area contributed by atoms with Crippen molar-refractivity contribution in [3.05, 3.63) is 17.8 Å². The third-order valence-electron chi connectivity index (χ3n) is 4.21. The standard InChI is InChI=1S/C15H23N3O2S/c1-2-11-9-17-12(20-11)10-18-14(19)15(13(16)21)7-5-3-4-6-8-15/h9H,2-8,10H2,1H3,(H2,16,21)(H,18,19). The van der Waals surface area contributed by atoms with Gasteiger partial charge in [0.25, 0.3) is 0 Å². The average Bonchev–Trinajstić information content (AvgIpc) is 2.78. The Morgan fingerprint density at radius 3 is 2.62 bits per heavy atom. The zero-order chi connectivity index (χ0) is 15.3. The number of nitrogens with two attached hydrogens (primary N) is 1. The fourth-order valence-electron chi connectivity index (χ4n) is 2.84. The fraction of sp³-hybridized carbons (Fsp3) is 0.667. The molecular formula is C15H23N3O2S. The van der Waals surface area contributed by atoms with Crippen molar-refractivity contribution in [3.8, 4) is 0 Å². The SMILES string of the molecule is CCc1cnc(CNC(=O)C2(C(N)=S)CCCCCC2)o1. The minimum Gasteiger partial charge on any atom is -0.444 e. The van der Waals surface area contributed by atoms with E-state index in [1.807, 2.05) is 6.92 Å². The number of aromatic nitrogens is 1. The molecule has 0 aromatic carbocycles. The van der Waals surface area contributed by atoms with Crippen molar-refractivity contribution < 1.29 is 9.21 Å². The summed E-state index contributed by atoms with van der Waals surface area (Å²) in [6.07, 6.45) is 8.20. The summed E-state index contributed by atoms with van der Waals surface area (Å²) in [5.74, 6) is 1.25. The zero-order valence-electron chi connectivity index (χ0n) is 12.5. The van der Waals surface area contributed by atoms with E-state index in [0.29, 0.717) is 10.9 Å². The van der Waals surface area contributed by atoms with Crippen LogP contribution in [0.25, 0.3) is 0 Å². The molecule has 5 nitrogen and oxygen atoms in total. The Morgan fingerprint density at radius 2 is 2.10 bits per heavy atom. The van der Waals surface area contributed by atoms with Crippen molar-refractivity contribution in [2.24, 2.45) is 11.1 Å². The number of carbonyl (C=O) groups is 1. The highest BCUT2D eigenvalue weighted by Crippen LogP contribution is 2.35. The number of aryl methyl sites for hydroxylation is 1. The van der Waals surface area contributed by atoms with Crippen LogP contribution in [0.4, 0.5) is 0 Å². The highest BCUT2D eigenvalue weighted by atomic mass is 32.1. The maximum atomic E-state index is 12.6. The Labute approximate surface area is 130 Å². The first-order chi connectivity index (χ1) is 10.1. The van der Waals surface area contributed by atoms with E-state index in [-0.39, 0.29) is 12.5 Å². The topological polar surface area (TPSA) is 81.2 Å². The Hall–Kier alpha value is -1.43. The summed E-state index contributed by atoms with van der Waals surface area (Å²) in [5.41, 5.74) is 5.20. The second kappa shape index (κ2) is 7.02. The molecule has 1 aliphatic carbocycles. The quantitative estimate of drug-likeness (QED) is 0.645. The van der Waals surface area contributed by atoms with Gasteiger partial charge in [0.1, 0.15) is 5.76 Å². The molecule has 0 saturated heterocycles. The first-order valence-electron chi connectivity index (χ1n) is 7.60. The first kappa shape index (κ1) is 15.9. The number of hydrogen-bond donors (Lipinski definition) is 2. The molecule has 3 N–H and O–H groups in total. The molecule has 0 bridgehead atoms. The molecule has 2 rings (SSSR count). The van der Waals surface area contributed by atoms with Crippen molar-refractivity contribution >= 4 is 23.1 Å². The molecule has 0 spiro atoms. The van der Waals surface area contributed by atoms with Crippen LogP contribution in [-0.4, -0.2) is 15.9 Å². The van der Waals surface area contributed by atoms with Crippen LogP contribution in [0.2, 0.25) is 0 Å². The summed E-state index contributed by atoms with van der Waals surface area (Å²) in [6, 6.07) is 0. The Kier molecular flexibility index (Phi) is 5.33. The number of hydrogen-bond acceptors (Lipinski definition) is 4. The van der Waals surface area contributed by atoms with Crippen LogP contribution in [-0.2, 0) is 17.8 Å². The van der Waals surface area contributed by atoms with Gasteiger partial charge in [-0.25, -0.2) is 4.98 Å². The smallest absolute Gasteiger partial charge is 0.233 e. The van der Waals surface area contributed by atoms with Gasteiger partial charge in [-0.05, 0) is 12.8 Å². The molecule has 1 saturated carbocycles. The van der Waals surface area contributed by atoms with Crippen LogP contribution in [0.3, 0.4) is 0 Å². The summed E-state index contributed by atoms with van der Waals surface area (Å²) in [4.78, 5) is 17.1. The minimum atomic E-state index is -0.702. The van der Waals surface area contributed by atoms with Gasteiger partial charge in [-0.3, -0.25) is 4.79 Å². The Morgan fingerprint density at radius 1 is 1.43 bits per heavy atom. The Bertz CT molecular complexity index is 505. The zero-order valence-corrected chi connectivity index (χ0v) is 13.3. The number of amides is 1. The van der Waals surface area contributed by atoms with Crippen LogP contribution in [0.15, 0.2) is 10.6 Å². The van der Waals surface area contributed by atoms with Gasteiger partial charge in [0.15, 0.2) is 0 Å². The van der Waals surface area contributed by atoms with E-state index in [1.54, 1.807) is 6.20 Å². The number of rotatable bonds is 5. The van der Waals surface area contributed by atoms with Gasteiger partial charge in [0.2, 0.25) is 11.8 Å². The molecule has 0 radical (unpaired) electrons. The molecule has 1 aliphatic rings. The first-order valence-corrected chi connectivity index (χ1v) is 8.01. The lowest BCUT2D eigenvalue weighted by molar-refractivity contribution is -0.128. The highest BCUT2D eigenvalue weighted by molar-refractivity contribution is 7.80. The summed E-state index contributed by atoms with van der Waals surface area (Å²) in [7, 11) is 0. The summed E-state index contributed by atoms with van der Waals surface area (Å²) in [6.45, 7) is 2.28.